The van der Waals surface area contributed by atoms with Gasteiger partial charge in [0.25, 0.3) is 0 Å². The molecule has 0 fully saturated rings. The van der Waals surface area contributed by atoms with Gasteiger partial charge in [-0.1, -0.05) is 30.3 Å². The van der Waals surface area contributed by atoms with Gasteiger partial charge in [0.15, 0.2) is 0 Å². The van der Waals surface area contributed by atoms with E-state index in [1.807, 2.05) is 22.9 Å². The Bertz CT molecular complexity index is 511. The van der Waals surface area contributed by atoms with Crippen LogP contribution in [0.4, 0.5) is 0 Å². The summed E-state index contributed by atoms with van der Waals surface area (Å²) in [5.41, 5.74) is 1.23. The number of hydrogen-bond donors (Lipinski definition) is 0. The van der Waals surface area contributed by atoms with Gasteiger partial charge in [-0.2, -0.15) is 0 Å². The zero-order valence-corrected chi connectivity index (χ0v) is 10.7. The molecule has 1 aliphatic heterocycles. The quantitative estimate of drug-likeness (QED) is 0.756. The summed E-state index contributed by atoms with van der Waals surface area (Å²) in [5.74, 6) is 0.849. The topological polar surface area (TPSA) is 30.7 Å². The number of aromatic nitrogens is 3. The Morgan fingerprint density at radius 1 is 1.31 bits per heavy atom. The highest BCUT2D eigenvalue weighted by Gasteiger charge is 2.33. The van der Waals surface area contributed by atoms with Crippen LogP contribution in [0.2, 0.25) is 0 Å². The second-order valence-electron chi connectivity index (χ2n) is 3.81. The van der Waals surface area contributed by atoms with Crippen LogP contribution in [0.15, 0.2) is 35.1 Å². The fourth-order valence-electron chi connectivity index (χ4n) is 2.10. The standard InChI is InChI=1S/C11H9BrClN3/c12-11-14-10-8(13)6-9(16(10)15-11)7-4-2-1-3-5-7/h1-5,8-9H,6H2. The molecule has 2 aromatic rings. The molecule has 2 atom stereocenters. The first kappa shape index (κ1) is 10.3. The van der Waals surface area contributed by atoms with Gasteiger partial charge in [0, 0.05) is 0 Å². The van der Waals surface area contributed by atoms with E-state index in [0.717, 1.165) is 12.2 Å². The third kappa shape index (κ3) is 1.57. The highest BCUT2D eigenvalue weighted by Crippen LogP contribution is 2.40. The molecule has 2 unspecified atom stereocenters. The molecule has 0 radical (unpaired) electrons. The molecule has 1 aromatic carbocycles. The van der Waals surface area contributed by atoms with E-state index in [1.165, 1.54) is 5.56 Å². The van der Waals surface area contributed by atoms with E-state index < -0.39 is 0 Å². The van der Waals surface area contributed by atoms with Crippen molar-refractivity contribution >= 4 is 27.5 Å². The summed E-state index contributed by atoms with van der Waals surface area (Å²) in [7, 11) is 0. The minimum Gasteiger partial charge on any atom is -0.240 e. The Balaban J connectivity index is 2.06. The molecule has 0 N–H and O–H groups in total. The molecule has 0 amide bonds. The molecule has 1 aromatic heterocycles. The van der Waals surface area contributed by atoms with Gasteiger partial charge in [-0.25, -0.2) is 9.67 Å². The summed E-state index contributed by atoms with van der Waals surface area (Å²) in [4.78, 5) is 4.28. The number of nitrogens with zero attached hydrogens (tertiary/aromatic N) is 3. The normalized spacial score (nSPS) is 23.4. The lowest BCUT2D eigenvalue weighted by Crippen LogP contribution is -2.07. The SMILES string of the molecule is ClC1CC(c2ccccc2)n2nc(Br)nc21. The zero-order valence-electron chi connectivity index (χ0n) is 8.35. The van der Waals surface area contributed by atoms with Crippen LogP contribution in [0, 0.1) is 0 Å². The van der Waals surface area contributed by atoms with Crippen LogP contribution in [-0.4, -0.2) is 14.8 Å². The van der Waals surface area contributed by atoms with Crippen molar-refractivity contribution in [3.05, 3.63) is 46.5 Å². The van der Waals surface area contributed by atoms with Crippen LogP contribution in [0.3, 0.4) is 0 Å². The largest absolute Gasteiger partial charge is 0.240 e. The van der Waals surface area contributed by atoms with E-state index in [1.54, 1.807) is 0 Å². The summed E-state index contributed by atoms with van der Waals surface area (Å²) in [6.07, 6.45) is 0.855. The average molecular weight is 299 g/mol. The predicted molar refractivity (Wildman–Crippen MR) is 65.5 cm³/mol. The summed E-state index contributed by atoms with van der Waals surface area (Å²) in [6, 6.07) is 10.5. The van der Waals surface area contributed by atoms with E-state index in [-0.39, 0.29) is 11.4 Å². The van der Waals surface area contributed by atoms with Gasteiger partial charge in [-0.05, 0) is 27.9 Å². The van der Waals surface area contributed by atoms with Crippen LogP contribution < -0.4 is 0 Å². The number of benzene rings is 1. The first-order valence-corrected chi connectivity index (χ1v) is 6.29. The van der Waals surface area contributed by atoms with Gasteiger partial charge in [0.2, 0.25) is 4.73 Å². The van der Waals surface area contributed by atoms with Gasteiger partial charge < -0.3 is 0 Å². The first-order valence-electron chi connectivity index (χ1n) is 5.06. The molecular weight excluding hydrogens is 289 g/mol. The van der Waals surface area contributed by atoms with E-state index in [4.69, 9.17) is 11.6 Å². The Labute approximate surface area is 107 Å². The van der Waals surface area contributed by atoms with Crippen LogP contribution in [0.1, 0.15) is 29.2 Å². The minimum absolute atomic E-state index is 0.0518. The summed E-state index contributed by atoms with van der Waals surface area (Å²) in [5, 5.41) is 4.29. The lowest BCUT2D eigenvalue weighted by Gasteiger charge is -2.11. The number of fused-ring (bicyclic) bond motifs is 1. The molecule has 2 heterocycles. The molecule has 0 saturated heterocycles. The summed E-state index contributed by atoms with van der Waals surface area (Å²) < 4.78 is 2.52. The van der Waals surface area contributed by atoms with Crippen LogP contribution in [-0.2, 0) is 0 Å². The fourth-order valence-corrected chi connectivity index (χ4v) is 2.77. The van der Waals surface area contributed by atoms with Crippen molar-refractivity contribution < 1.29 is 0 Å². The molecule has 0 aliphatic carbocycles. The second kappa shape index (κ2) is 3.86. The molecular formula is C11H9BrClN3. The molecule has 82 valence electrons. The van der Waals surface area contributed by atoms with Gasteiger partial charge in [-0.3, -0.25) is 0 Å². The molecule has 3 nitrogen and oxygen atoms in total. The maximum Gasteiger partial charge on any atom is 0.217 e. The smallest absolute Gasteiger partial charge is 0.217 e. The highest BCUT2D eigenvalue weighted by atomic mass is 79.9. The van der Waals surface area contributed by atoms with Crippen LogP contribution >= 0.6 is 27.5 Å². The van der Waals surface area contributed by atoms with Gasteiger partial charge in [0.05, 0.1) is 11.4 Å². The van der Waals surface area contributed by atoms with Gasteiger partial charge in [0.1, 0.15) is 5.82 Å². The number of hydrogen-bond acceptors (Lipinski definition) is 2. The van der Waals surface area contributed by atoms with Crippen molar-refractivity contribution in [3.63, 3.8) is 0 Å². The molecule has 0 bridgehead atoms. The van der Waals surface area contributed by atoms with Crippen LogP contribution in [0.25, 0.3) is 0 Å². The third-order valence-electron chi connectivity index (χ3n) is 2.82. The Kier molecular flexibility index (Phi) is 2.48. The van der Waals surface area contributed by atoms with Crippen LogP contribution in [0.5, 0.6) is 0 Å². The summed E-state index contributed by atoms with van der Waals surface area (Å²) >= 11 is 9.54. The van der Waals surface area contributed by atoms with Gasteiger partial charge in [-0.15, -0.1) is 16.7 Å². The number of halogens is 2. The first-order chi connectivity index (χ1) is 7.75. The molecule has 0 saturated carbocycles. The maximum absolute atomic E-state index is 6.26. The molecule has 3 rings (SSSR count). The molecule has 16 heavy (non-hydrogen) atoms. The Morgan fingerprint density at radius 2 is 2.06 bits per heavy atom. The fraction of sp³-hybridized carbons (Fsp3) is 0.273. The lowest BCUT2D eigenvalue weighted by atomic mass is 10.1. The molecule has 1 aliphatic rings. The minimum atomic E-state index is -0.0518. The molecule has 0 spiro atoms. The lowest BCUT2D eigenvalue weighted by molar-refractivity contribution is 0.550. The third-order valence-corrected chi connectivity index (χ3v) is 3.53. The Morgan fingerprint density at radius 3 is 2.81 bits per heavy atom. The van der Waals surface area contributed by atoms with E-state index in [9.17, 15) is 0 Å². The van der Waals surface area contributed by atoms with E-state index >= 15 is 0 Å². The number of rotatable bonds is 1. The average Bonchev–Trinajstić information content (AvgIpc) is 2.80. The number of alkyl halides is 1. The van der Waals surface area contributed by atoms with Crippen molar-refractivity contribution in [3.8, 4) is 0 Å². The monoisotopic (exact) mass is 297 g/mol. The van der Waals surface area contributed by atoms with Crippen molar-refractivity contribution in [1.82, 2.24) is 14.8 Å². The van der Waals surface area contributed by atoms with Crippen molar-refractivity contribution in [2.75, 3.05) is 0 Å². The highest BCUT2D eigenvalue weighted by molar-refractivity contribution is 9.10. The van der Waals surface area contributed by atoms with E-state index in [0.29, 0.717) is 4.73 Å². The molecule has 5 heteroatoms. The van der Waals surface area contributed by atoms with Crippen molar-refractivity contribution in [2.24, 2.45) is 0 Å². The second-order valence-corrected chi connectivity index (χ2v) is 5.05. The van der Waals surface area contributed by atoms with E-state index in [2.05, 4.69) is 38.1 Å². The van der Waals surface area contributed by atoms with Crippen molar-refractivity contribution in [1.29, 1.82) is 0 Å². The zero-order chi connectivity index (χ0) is 11.1. The predicted octanol–water partition coefficient (Wildman–Crippen LogP) is 3.31. The van der Waals surface area contributed by atoms with Gasteiger partial charge >= 0.3 is 0 Å². The Hall–Kier alpha value is -0.870. The maximum atomic E-state index is 6.26. The van der Waals surface area contributed by atoms with Crippen molar-refractivity contribution in [2.45, 2.75) is 17.8 Å². The summed E-state index contributed by atoms with van der Waals surface area (Å²) in [6.45, 7) is 0.